The molecule has 112 valence electrons. The molecule has 1 aromatic heterocycles. The highest BCUT2D eigenvalue weighted by Gasteiger charge is 2.41. The molecule has 0 unspecified atom stereocenters. The highest BCUT2D eigenvalue weighted by Crippen LogP contribution is 2.32. The third-order valence-electron chi connectivity index (χ3n) is 3.40. The van der Waals surface area contributed by atoms with Crippen molar-refractivity contribution < 1.29 is 17.9 Å². The predicted octanol–water partition coefficient (Wildman–Crippen LogP) is 1.67. The van der Waals surface area contributed by atoms with Gasteiger partial charge in [-0.1, -0.05) is 11.3 Å². The molecule has 0 radical (unpaired) electrons. The van der Waals surface area contributed by atoms with Gasteiger partial charge >= 0.3 is 0 Å². The van der Waals surface area contributed by atoms with Gasteiger partial charge in [0.05, 0.1) is 33.7 Å². The first-order chi connectivity index (χ1) is 9.78. The molecule has 1 aliphatic heterocycles. The van der Waals surface area contributed by atoms with Crippen molar-refractivity contribution >= 4 is 42.4 Å². The van der Waals surface area contributed by atoms with Crippen LogP contribution in [0.25, 0.3) is 10.2 Å². The number of aromatic nitrogens is 1. The molecule has 3 rings (SSSR count). The maximum absolute atomic E-state index is 12.1. The van der Waals surface area contributed by atoms with Crippen molar-refractivity contribution in [2.75, 3.05) is 24.8 Å². The van der Waals surface area contributed by atoms with Crippen LogP contribution in [0.2, 0.25) is 0 Å². The Balaban J connectivity index is 1.89. The number of hydrogen-bond donors (Lipinski definition) is 1. The minimum absolute atomic E-state index is 0.129. The summed E-state index contributed by atoms with van der Waals surface area (Å²) in [4.78, 5) is 16.6. The smallest absolute Gasteiger partial charge is 0.236 e. The zero-order chi connectivity index (χ0) is 15.3. The van der Waals surface area contributed by atoms with Gasteiger partial charge in [-0.05, 0) is 25.1 Å². The molecule has 2 aromatic rings. The van der Waals surface area contributed by atoms with E-state index in [1.807, 2.05) is 6.92 Å². The fraction of sp³-hybridized carbons (Fsp3) is 0.385. The third-order valence-corrected chi connectivity index (χ3v) is 5.44. The van der Waals surface area contributed by atoms with Gasteiger partial charge < -0.3 is 10.1 Å². The van der Waals surface area contributed by atoms with Gasteiger partial charge in [0, 0.05) is 6.26 Å². The van der Waals surface area contributed by atoms with E-state index < -0.39 is 15.3 Å². The SMILES string of the molecule is CC1(C(=O)Nc2nc3ccc(S(C)(=O)=O)cc3s2)COC1. The molecule has 8 heteroatoms. The van der Waals surface area contributed by atoms with E-state index in [1.54, 1.807) is 12.1 Å². The number of hydrogen-bond acceptors (Lipinski definition) is 6. The summed E-state index contributed by atoms with van der Waals surface area (Å²) < 4.78 is 28.9. The molecule has 6 nitrogen and oxygen atoms in total. The van der Waals surface area contributed by atoms with E-state index in [9.17, 15) is 13.2 Å². The van der Waals surface area contributed by atoms with E-state index >= 15 is 0 Å². The summed E-state index contributed by atoms with van der Waals surface area (Å²) in [5.41, 5.74) is 0.160. The minimum atomic E-state index is -3.25. The first-order valence-electron chi connectivity index (χ1n) is 6.28. The van der Waals surface area contributed by atoms with Crippen LogP contribution in [-0.2, 0) is 19.4 Å². The Labute approximate surface area is 126 Å². The number of fused-ring (bicyclic) bond motifs is 1. The second-order valence-corrected chi connectivity index (χ2v) is 8.47. The van der Waals surface area contributed by atoms with Crippen LogP contribution in [0, 0.1) is 5.41 Å². The van der Waals surface area contributed by atoms with Crippen molar-refractivity contribution in [3.05, 3.63) is 18.2 Å². The Morgan fingerprint density at radius 2 is 2.14 bits per heavy atom. The number of anilines is 1. The number of rotatable bonds is 3. The lowest BCUT2D eigenvalue weighted by Gasteiger charge is -2.35. The molecule has 0 bridgehead atoms. The van der Waals surface area contributed by atoms with Gasteiger partial charge in [-0.15, -0.1) is 0 Å². The maximum Gasteiger partial charge on any atom is 0.236 e. The van der Waals surface area contributed by atoms with E-state index in [0.29, 0.717) is 23.9 Å². The summed E-state index contributed by atoms with van der Waals surface area (Å²) in [6.07, 6.45) is 1.16. The molecule has 1 N–H and O–H groups in total. The third kappa shape index (κ3) is 2.66. The van der Waals surface area contributed by atoms with Crippen LogP contribution in [0.4, 0.5) is 5.13 Å². The Kier molecular flexibility index (Phi) is 3.27. The summed E-state index contributed by atoms with van der Waals surface area (Å²) in [6, 6.07) is 4.74. The fourth-order valence-corrected chi connectivity index (χ4v) is 3.60. The zero-order valence-electron chi connectivity index (χ0n) is 11.5. The Morgan fingerprint density at radius 1 is 1.43 bits per heavy atom. The van der Waals surface area contributed by atoms with Crippen LogP contribution in [0.5, 0.6) is 0 Å². The van der Waals surface area contributed by atoms with E-state index in [0.717, 1.165) is 11.0 Å². The molecule has 1 amide bonds. The molecule has 21 heavy (non-hydrogen) atoms. The maximum atomic E-state index is 12.1. The average Bonchev–Trinajstić information content (AvgIpc) is 2.75. The molecular formula is C13H14N2O4S2. The normalized spacial score (nSPS) is 17.4. The summed E-state index contributed by atoms with van der Waals surface area (Å²) in [5, 5.41) is 3.24. The number of benzene rings is 1. The topological polar surface area (TPSA) is 85.4 Å². The van der Waals surface area contributed by atoms with Gasteiger partial charge in [0.2, 0.25) is 5.91 Å². The van der Waals surface area contributed by atoms with Gasteiger partial charge in [0.15, 0.2) is 15.0 Å². The van der Waals surface area contributed by atoms with Gasteiger partial charge in [-0.3, -0.25) is 4.79 Å². The van der Waals surface area contributed by atoms with Gasteiger partial charge in [-0.25, -0.2) is 13.4 Å². The number of carbonyl (C=O) groups is 1. The minimum Gasteiger partial charge on any atom is -0.379 e. The fourth-order valence-electron chi connectivity index (χ4n) is 1.98. The molecule has 1 fully saturated rings. The van der Waals surface area contributed by atoms with Gasteiger partial charge in [0.1, 0.15) is 0 Å². The lowest BCUT2D eigenvalue weighted by molar-refractivity contribution is -0.151. The molecule has 0 atom stereocenters. The van der Waals surface area contributed by atoms with E-state index in [-0.39, 0.29) is 10.8 Å². The van der Waals surface area contributed by atoms with Crippen molar-refractivity contribution in [2.24, 2.45) is 5.41 Å². The largest absolute Gasteiger partial charge is 0.379 e. The monoisotopic (exact) mass is 326 g/mol. The molecule has 1 aliphatic rings. The summed E-state index contributed by atoms with van der Waals surface area (Å²) in [7, 11) is -3.25. The lowest BCUT2D eigenvalue weighted by atomic mass is 9.88. The molecular weight excluding hydrogens is 312 g/mol. The molecule has 0 saturated carbocycles. The van der Waals surface area contributed by atoms with Gasteiger partial charge in [-0.2, -0.15) is 0 Å². The quantitative estimate of drug-likeness (QED) is 0.927. The zero-order valence-corrected chi connectivity index (χ0v) is 13.2. The highest BCUT2D eigenvalue weighted by molar-refractivity contribution is 7.90. The van der Waals surface area contributed by atoms with Crippen LogP contribution in [0.3, 0.4) is 0 Å². The van der Waals surface area contributed by atoms with Crippen LogP contribution in [-0.4, -0.2) is 38.8 Å². The van der Waals surface area contributed by atoms with Crippen LogP contribution >= 0.6 is 11.3 Å². The molecule has 0 aliphatic carbocycles. The van der Waals surface area contributed by atoms with Gasteiger partial charge in [0.25, 0.3) is 0 Å². The second-order valence-electron chi connectivity index (χ2n) is 5.43. The molecule has 0 spiro atoms. The number of amides is 1. The summed E-state index contributed by atoms with van der Waals surface area (Å²) in [6.45, 7) is 2.64. The van der Waals surface area contributed by atoms with Crippen molar-refractivity contribution in [3.63, 3.8) is 0 Å². The highest BCUT2D eigenvalue weighted by atomic mass is 32.2. The van der Waals surface area contributed by atoms with Crippen molar-refractivity contribution in [2.45, 2.75) is 11.8 Å². The van der Waals surface area contributed by atoms with E-state index in [1.165, 1.54) is 17.4 Å². The Morgan fingerprint density at radius 3 is 2.71 bits per heavy atom. The first kappa shape index (κ1) is 14.4. The predicted molar refractivity (Wildman–Crippen MR) is 80.3 cm³/mol. The average molecular weight is 326 g/mol. The molecule has 1 aromatic carbocycles. The lowest BCUT2D eigenvalue weighted by Crippen LogP contribution is -2.49. The first-order valence-corrected chi connectivity index (χ1v) is 8.99. The van der Waals surface area contributed by atoms with Crippen LogP contribution in [0.15, 0.2) is 23.1 Å². The van der Waals surface area contributed by atoms with Crippen LogP contribution in [0.1, 0.15) is 6.92 Å². The van der Waals surface area contributed by atoms with Crippen molar-refractivity contribution in [3.8, 4) is 0 Å². The summed E-state index contributed by atoms with van der Waals surface area (Å²) in [5.74, 6) is -0.129. The Bertz CT molecular complexity index is 822. The second kappa shape index (κ2) is 4.75. The molecule has 1 saturated heterocycles. The van der Waals surface area contributed by atoms with E-state index in [4.69, 9.17) is 4.74 Å². The number of nitrogens with zero attached hydrogens (tertiary/aromatic N) is 1. The summed E-state index contributed by atoms with van der Waals surface area (Å²) >= 11 is 1.26. The Hall–Kier alpha value is -1.51. The van der Waals surface area contributed by atoms with E-state index in [2.05, 4.69) is 10.3 Å². The number of nitrogens with one attached hydrogen (secondary N) is 1. The standard InChI is InChI=1S/C13H14N2O4S2/c1-13(6-19-7-13)11(16)15-12-14-9-4-3-8(21(2,17)18)5-10(9)20-12/h3-5H,6-7H2,1-2H3,(H,14,15,16). The van der Waals surface area contributed by atoms with Crippen molar-refractivity contribution in [1.82, 2.24) is 4.98 Å². The molecule has 2 heterocycles. The number of carbonyl (C=O) groups excluding carboxylic acids is 1. The number of sulfone groups is 1. The van der Waals surface area contributed by atoms with Crippen molar-refractivity contribution in [1.29, 1.82) is 0 Å². The number of ether oxygens (including phenoxy) is 1. The number of thiazole rings is 1. The van der Waals surface area contributed by atoms with Crippen LogP contribution < -0.4 is 5.32 Å².